The highest BCUT2D eigenvalue weighted by Gasteiger charge is 2.17. The molecule has 0 amide bonds. The summed E-state index contributed by atoms with van der Waals surface area (Å²) in [5.74, 6) is 0. The molecule has 0 fully saturated rings. The van der Waals surface area contributed by atoms with Gasteiger partial charge in [-0.15, -0.1) is 0 Å². The predicted molar refractivity (Wildman–Crippen MR) is 56.7 cm³/mol. The topological polar surface area (TPSA) is 122 Å². The molecular formula is C9H12N4O3. The van der Waals surface area contributed by atoms with Crippen LogP contribution in [0.5, 0.6) is 0 Å². The molecule has 0 radical (unpaired) electrons. The van der Waals surface area contributed by atoms with Crippen LogP contribution in [-0.2, 0) is 0 Å². The van der Waals surface area contributed by atoms with Gasteiger partial charge in [-0.2, -0.15) is 0 Å². The van der Waals surface area contributed by atoms with Crippen LogP contribution in [0.15, 0.2) is 28.2 Å². The molecule has 0 aromatic carbocycles. The third-order valence-electron chi connectivity index (χ3n) is 2.09. The number of aromatic nitrogens is 1. The summed E-state index contributed by atoms with van der Waals surface area (Å²) in [6.45, 7) is 0.0952. The summed E-state index contributed by atoms with van der Waals surface area (Å²) in [6.07, 6.45) is -0.692. The van der Waals surface area contributed by atoms with E-state index < -0.39 is 12.2 Å². The molecule has 0 bridgehead atoms. The summed E-state index contributed by atoms with van der Waals surface area (Å²) in [6, 6.07) is 2.71. The van der Waals surface area contributed by atoms with Gasteiger partial charge in [0.15, 0.2) is 0 Å². The minimum Gasteiger partial charge on any atom is -0.390 e. The van der Waals surface area contributed by atoms with Crippen LogP contribution in [0.25, 0.3) is 10.4 Å². The van der Waals surface area contributed by atoms with Gasteiger partial charge in [0.1, 0.15) is 6.10 Å². The average molecular weight is 224 g/mol. The van der Waals surface area contributed by atoms with Gasteiger partial charge in [0.2, 0.25) is 5.56 Å². The fourth-order valence-corrected chi connectivity index (χ4v) is 1.26. The number of rotatable bonds is 5. The first-order valence-corrected chi connectivity index (χ1v) is 4.71. The molecule has 1 rings (SSSR count). The van der Waals surface area contributed by atoms with Crippen LogP contribution in [0.3, 0.4) is 0 Å². The Kier molecular flexibility index (Phi) is 4.53. The first-order valence-electron chi connectivity index (χ1n) is 4.71. The van der Waals surface area contributed by atoms with E-state index in [-0.39, 0.29) is 18.5 Å². The van der Waals surface area contributed by atoms with Crippen LogP contribution in [0, 0.1) is 0 Å². The second-order valence-corrected chi connectivity index (χ2v) is 3.24. The van der Waals surface area contributed by atoms with Crippen molar-refractivity contribution >= 4 is 0 Å². The molecule has 3 N–H and O–H groups in total. The molecule has 1 aromatic heterocycles. The summed E-state index contributed by atoms with van der Waals surface area (Å²) >= 11 is 0. The number of H-pyrrole nitrogens is 1. The van der Waals surface area contributed by atoms with Crippen molar-refractivity contribution in [1.29, 1.82) is 0 Å². The van der Waals surface area contributed by atoms with Crippen molar-refractivity contribution in [3.05, 3.63) is 44.7 Å². The molecule has 0 spiro atoms. The average Bonchev–Trinajstić information content (AvgIpc) is 2.28. The van der Waals surface area contributed by atoms with E-state index in [4.69, 9.17) is 5.53 Å². The third kappa shape index (κ3) is 3.39. The first kappa shape index (κ1) is 12.3. The van der Waals surface area contributed by atoms with E-state index in [1.165, 1.54) is 18.3 Å². The van der Waals surface area contributed by atoms with Crippen LogP contribution >= 0.6 is 0 Å². The van der Waals surface area contributed by atoms with E-state index in [2.05, 4.69) is 15.0 Å². The molecule has 2 atom stereocenters. The van der Waals surface area contributed by atoms with Gasteiger partial charge in [0.25, 0.3) is 0 Å². The van der Waals surface area contributed by atoms with Gasteiger partial charge < -0.3 is 15.2 Å². The van der Waals surface area contributed by atoms with Gasteiger partial charge in [-0.1, -0.05) is 5.11 Å². The first-order chi connectivity index (χ1) is 7.65. The maximum Gasteiger partial charge on any atom is 0.248 e. The molecule has 86 valence electrons. The van der Waals surface area contributed by atoms with Gasteiger partial charge in [0.05, 0.1) is 6.10 Å². The predicted octanol–water partition coefficient (Wildman–Crippen LogP) is 0.470. The Morgan fingerprint density at radius 3 is 2.94 bits per heavy atom. The lowest BCUT2D eigenvalue weighted by molar-refractivity contribution is 0.0149. The van der Waals surface area contributed by atoms with Crippen molar-refractivity contribution in [2.24, 2.45) is 5.11 Å². The standard InChI is InChI=1S/C9H12N4O3/c10-13-12-4-2-7(14)9(16)6-1-3-11-8(15)5-6/h1,3,5,7,9,14,16H,2,4H2,(H,11,15). The van der Waals surface area contributed by atoms with Crippen molar-refractivity contribution in [1.82, 2.24) is 4.98 Å². The summed E-state index contributed by atoms with van der Waals surface area (Å²) in [7, 11) is 0. The molecule has 1 heterocycles. The fraction of sp³-hybridized carbons (Fsp3) is 0.444. The zero-order valence-electron chi connectivity index (χ0n) is 8.45. The number of aliphatic hydroxyl groups excluding tert-OH is 2. The van der Waals surface area contributed by atoms with Crippen molar-refractivity contribution in [2.75, 3.05) is 6.54 Å². The number of pyridine rings is 1. The normalized spacial score (nSPS) is 13.9. The number of nitrogens with zero attached hydrogens (tertiary/aromatic N) is 3. The summed E-state index contributed by atoms with van der Waals surface area (Å²) < 4.78 is 0. The second-order valence-electron chi connectivity index (χ2n) is 3.24. The molecule has 7 heteroatoms. The number of nitrogens with one attached hydrogen (secondary N) is 1. The molecule has 7 nitrogen and oxygen atoms in total. The zero-order chi connectivity index (χ0) is 12.0. The smallest absolute Gasteiger partial charge is 0.248 e. The van der Waals surface area contributed by atoms with Crippen molar-refractivity contribution in [2.45, 2.75) is 18.6 Å². The van der Waals surface area contributed by atoms with E-state index in [0.29, 0.717) is 5.56 Å². The van der Waals surface area contributed by atoms with Crippen LogP contribution in [0.2, 0.25) is 0 Å². The van der Waals surface area contributed by atoms with E-state index >= 15 is 0 Å². The van der Waals surface area contributed by atoms with Gasteiger partial charge in [0, 0.05) is 23.7 Å². The van der Waals surface area contributed by atoms with Crippen molar-refractivity contribution in [3.8, 4) is 0 Å². The van der Waals surface area contributed by atoms with Crippen LogP contribution in [0.4, 0.5) is 0 Å². The Labute approximate surface area is 91.0 Å². The third-order valence-corrected chi connectivity index (χ3v) is 2.09. The van der Waals surface area contributed by atoms with E-state index in [1.807, 2.05) is 0 Å². The highest BCUT2D eigenvalue weighted by Crippen LogP contribution is 2.16. The largest absolute Gasteiger partial charge is 0.390 e. The number of aromatic amines is 1. The van der Waals surface area contributed by atoms with Gasteiger partial charge >= 0.3 is 0 Å². The van der Waals surface area contributed by atoms with E-state index in [9.17, 15) is 15.0 Å². The van der Waals surface area contributed by atoms with Crippen molar-refractivity contribution in [3.63, 3.8) is 0 Å². The zero-order valence-corrected chi connectivity index (χ0v) is 8.45. The molecule has 0 aliphatic heterocycles. The maximum absolute atomic E-state index is 11.0. The highest BCUT2D eigenvalue weighted by molar-refractivity contribution is 5.14. The Morgan fingerprint density at radius 1 is 1.56 bits per heavy atom. The quantitative estimate of drug-likeness (QED) is 0.382. The van der Waals surface area contributed by atoms with E-state index in [0.717, 1.165) is 0 Å². The number of hydrogen-bond donors (Lipinski definition) is 3. The maximum atomic E-state index is 11.0. The van der Waals surface area contributed by atoms with E-state index in [1.54, 1.807) is 0 Å². The molecule has 0 saturated heterocycles. The lowest BCUT2D eigenvalue weighted by Gasteiger charge is -2.16. The van der Waals surface area contributed by atoms with Crippen molar-refractivity contribution < 1.29 is 10.2 Å². The summed E-state index contributed by atoms with van der Waals surface area (Å²) in [5.41, 5.74) is 8.02. The lowest BCUT2D eigenvalue weighted by atomic mass is 10.0. The molecule has 2 unspecified atom stereocenters. The summed E-state index contributed by atoms with van der Waals surface area (Å²) in [4.78, 5) is 15.9. The number of hydrogen-bond acceptors (Lipinski definition) is 4. The number of azide groups is 1. The minimum atomic E-state index is -1.16. The Hall–Kier alpha value is -1.82. The Morgan fingerprint density at radius 2 is 2.31 bits per heavy atom. The molecule has 0 saturated carbocycles. The van der Waals surface area contributed by atoms with Crippen LogP contribution in [-0.4, -0.2) is 27.8 Å². The SMILES string of the molecule is [N-]=[N+]=NCCC(O)C(O)c1cc[nH]c(=O)c1. The Bertz CT molecular complexity index is 438. The summed E-state index contributed by atoms with van der Waals surface area (Å²) in [5, 5.41) is 22.5. The molecule has 1 aromatic rings. The van der Waals surface area contributed by atoms with Crippen LogP contribution in [0.1, 0.15) is 18.1 Å². The lowest BCUT2D eigenvalue weighted by Crippen LogP contribution is -2.20. The van der Waals surface area contributed by atoms with Gasteiger partial charge in [-0.05, 0) is 23.6 Å². The molecule has 16 heavy (non-hydrogen) atoms. The monoisotopic (exact) mass is 224 g/mol. The van der Waals surface area contributed by atoms with Crippen LogP contribution < -0.4 is 5.56 Å². The fourth-order valence-electron chi connectivity index (χ4n) is 1.26. The highest BCUT2D eigenvalue weighted by atomic mass is 16.3. The van der Waals surface area contributed by atoms with Gasteiger partial charge in [-0.25, -0.2) is 0 Å². The van der Waals surface area contributed by atoms with Gasteiger partial charge in [-0.3, -0.25) is 4.79 Å². The molecule has 0 aliphatic rings. The molecular weight excluding hydrogens is 212 g/mol. The number of aliphatic hydroxyl groups is 2. The Balaban J connectivity index is 2.66. The molecule has 0 aliphatic carbocycles. The second kappa shape index (κ2) is 5.92. The minimum absolute atomic E-state index is 0.0952.